The number of methoxy groups -OCH3 is 1. The lowest BCUT2D eigenvalue weighted by atomic mass is 10.3. The summed E-state index contributed by atoms with van der Waals surface area (Å²) >= 11 is 0. The number of hydrogen-bond acceptors (Lipinski definition) is 4. The smallest absolute Gasteiger partial charge is 0.422 e. The van der Waals surface area contributed by atoms with E-state index in [1.165, 1.54) is 18.0 Å². The van der Waals surface area contributed by atoms with E-state index in [4.69, 9.17) is 4.74 Å². The van der Waals surface area contributed by atoms with E-state index in [0.29, 0.717) is 5.69 Å². The van der Waals surface area contributed by atoms with Crippen molar-refractivity contribution in [2.24, 2.45) is 0 Å². The number of rotatable bonds is 4. The highest BCUT2D eigenvalue weighted by Crippen LogP contribution is 2.22. The molecular formula is C13H11F3N2O3. The number of halogens is 3. The molecule has 0 aliphatic heterocycles. The fourth-order valence-corrected chi connectivity index (χ4v) is 1.58. The SMILES string of the molecule is COc1cn(-c2ccccc2)nc1C(=O)OCC(F)(F)F. The highest BCUT2D eigenvalue weighted by molar-refractivity contribution is 5.90. The summed E-state index contributed by atoms with van der Waals surface area (Å²) in [5.74, 6) is -1.16. The normalized spacial score (nSPS) is 11.2. The van der Waals surface area contributed by atoms with E-state index in [1.54, 1.807) is 30.3 Å². The number of benzene rings is 1. The lowest BCUT2D eigenvalue weighted by molar-refractivity contribution is -0.161. The molecule has 0 amide bonds. The van der Waals surface area contributed by atoms with E-state index in [9.17, 15) is 18.0 Å². The van der Waals surface area contributed by atoms with Gasteiger partial charge in [0, 0.05) is 0 Å². The summed E-state index contributed by atoms with van der Waals surface area (Å²) in [7, 11) is 1.28. The molecule has 0 radical (unpaired) electrons. The van der Waals surface area contributed by atoms with Crippen molar-refractivity contribution >= 4 is 5.97 Å². The lowest BCUT2D eigenvalue weighted by Gasteiger charge is -2.06. The third kappa shape index (κ3) is 3.74. The quantitative estimate of drug-likeness (QED) is 0.814. The molecule has 0 unspecified atom stereocenters. The van der Waals surface area contributed by atoms with E-state index >= 15 is 0 Å². The summed E-state index contributed by atoms with van der Waals surface area (Å²) in [6, 6.07) is 8.74. The number of carbonyl (C=O) groups excluding carboxylic acids is 1. The summed E-state index contributed by atoms with van der Waals surface area (Å²) in [4.78, 5) is 11.6. The third-order valence-electron chi connectivity index (χ3n) is 2.48. The second-order valence-corrected chi connectivity index (χ2v) is 4.02. The van der Waals surface area contributed by atoms with E-state index in [0.717, 1.165) is 0 Å². The maximum Gasteiger partial charge on any atom is 0.422 e. The van der Waals surface area contributed by atoms with Crippen LogP contribution >= 0.6 is 0 Å². The minimum Gasteiger partial charge on any atom is -0.493 e. The number of para-hydroxylation sites is 1. The third-order valence-corrected chi connectivity index (χ3v) is 2.48. The van der Waals surface area contributed by atoms with Gasteiger partial charge in [0.05, 0.1) is 19.0 Å². The van der Waals surface area contributed by atoms with Crippen LogP contribution in [-0.2, 0) is 4.74 Å². The van der Waals surface area contributed by atoms with Gasteiger partial charge in [-0.3, -0.25) is 0 Å². The van der Waals surface area contributed by atoms with Gasteiger partial charge >= 0.3 is 12.1 Å². The summed E-state index contributed by atoms with van der Waals surface area (Å²) in [6.07, 6.45) is -3.20. The second kappa shape index (κ2) is 5.86. The summed E-state index contributed by atoms with van der Waals surface area (Å²) in [5, 5.41) is 3.90. The summed E-state index contributed by atoms with van der Waals surface area (Å²) in [6.45, 7) is -1.67. The van der Waals surface area contributed by atoms with Crippen molar-refractivity contribution in [2.45, 2.75) is 6.18 Å². The zero-order chi connectivity index (χ0) is 15.5. The molecule has 0 spiro atoms. The summed E-state index contributed by atoms with van der Waals surface area (Å²) < 4.78 is 46.6. The van der Waals surface area contributed by atoms with Crippen LogP contribution < -0.4 is 4.74 Å². The van der Waals surface area contributed by atoms with E-state index in [2.05, 4.69) is 9.84 Å². The number of aromatic nitrogens is 2. The molecule has 5 nitrogen and oxygen atoms in total. The molecule has 21 heavy (non-hydrogen) atoms. The van der Waals surface area contributed by atoms with Crippen molar-refractivity contribution in [2.75, 3.05) is 13.7 Å². The molecule has 1 aromatic heterocycles. The molecule has 1 heterocycles. The second-order valence-electron chi connectivity index (χ2n) is 4.02. The van der Waals surface area contributed by atoms with Crippen molar-refractivity contribution in [1.82, 2.24) is 9.78 Å². The molecule has 112 valence electrons. The van der Waals surface area contributed by atoms with Crippen LogP contribution in [0.1, 0.15) is 10.5 Å². The van der Waals surface area contributed by atoms with Gasteiger partial charge in [-0.1, -0.05) is 18.2 Å². The van der Waals surface area contributed by atoms with Crippen LogP contribution in [0, 0.1) is 0 Å². The van der Waals surface area contributed by atoms with E-state index in [1.807, 2.05) is 0 Å². The number of hydrogen-bond donors (Lipinski definition) is 0. The van der Waals surface area contributed by atoms with Gasteiger partial charge in [-0.2, -0.15) is 18.3 Å². The van der Waals surface area contributed by atoms with Gasteiger partial charge in [-0.25, -0.2) is 9.48 Å². The first-order chi connectivity index (χ1) is 9.90. The molecule has 0 saturated carbocycles. The lowest BCUT2D eigenvalue weighted by Crippen LogP contribution is -2.21. The zero-order valence-electron chi connectivity index (χ0n) is 10.9. The van der Waals surface area contributed by atoms with Crippen LogP contribution in [0.3, 0.4) is 0 Å². The van der Waals surface area contributed by atoms with Crippen LogP contribution in [0.2, 0.25) is 0 Å². The van der Waals surface area contributed by atoms with E-state index in [-0.39, 0.29) is 11.4 Å². The topological polar surface area (TPSA) is 53.4 Å². The van der Waals surface area contributed by atoms with Gasteiger partial charge in [-0.05, 0) is 12.1 Å². The molecule has 0 fully saturated rings. The zero-order valence-corrected chi connectivity index (χ0v) is 10.9. The standard InChI is InChI=1S/C13H11F3N2O3/c1-20-10-7-18(9-5-3-2-4-6-9)17-11(10)12(19)21-8-13(14,15)16/h2-7H,8H2,1H3. The van der Waals surface area contributed by atoms with E-state index < -0.39 is 18.8 Å². The van der Waals surface area contributed by atoms with Crippen molar-refractivity contribution < 1.29 is 27.4 Å². The van der Waals surface area contributed by atoms with Crippen LogP contribution in [0.15, 0.2) is 36.5 Å². The van der Waals surface area contributed by atoms with Crippen LogP contribution in [0.4, 0.5) is 13.2 Å². The molecule has 2 aromatic rings. The first-order valence-electron chi connectivity index (χ1n) is 5.83. The molecule has 0 aliphatic carbocycles. The minimum absolute atomic E-state index is 0.0334. The van der Waals surface area contributed by atoms with Gasteiger partial charge in [0.1, 0.15) is 0 Å². The molecule has 2 rings (SSSR count). The Hall–Kier alpha value is -2.51. The fourth-order valence-electron chi connectivity index (χ4n) is 1.58. The Morgan fingerprint density at radius 2 is 1.95 bits per heavy atom. The van der Waals surface area contributed by atoms with Gasteiger partial charge in [0.15, 0.2) is 12.4 Å². The molecule has 0 aliphatic rings. The average molecular weight is 300 g/mol. The molecule has 0 N–H and O–H groups in total. The predicted octanol–water partition coefficient (Wildman–Crippen LogP) is 2.60. The van der Waals surface area contributed by atoms with Gasteiger partial charge in [0.25, 0.3) is 0 Å². The van der Waals surface area contributed by atoms with Crippen molar-refractivity contribution in [3.05, 3.63) is 42.2 Å². The largest absolute Gasteiger partial charge is 0.493 e. The number of esters is 1. The molecule has 0 saturated heterocycles. The number of carbonyl (C=O) groups is 1. The molecule has 0 atom stereocenters. The van der Waals surface area contributed by atoms with Crippen molar-refractivity contribution in [1.29, 1.82) is 0 Å². The maximum atomic E-state index is 12.1. The maximum absolute atomic E-state index is 12.1. The van der Waals surface area contributed by atoms with Crippen LogP contribution in [-0.4, -0.2) is 35.6 Å². The Bertz CT molecular complexity index is 623. The fraction of sp³-hybridized carbons (Fsp3) is 0.231. The molecular weight excluding hydrogens is 289 g/mol. The highest BCUT2D eigenvalue weighted by Gasteiger charge is 2.31. The Morgan fingerprint density at radius 3 is 2.52 bits per heavy atom. The predicted molar refractivity (Wildman–Crippen MR) is 66.5 cm³/mol. The first-order valence-corrected chi connectivity index (χ1v) is 5.83. The first kappa shape index (κ1) is 14.9. The van der Waals surface area contributed by atoms with Crippen LogP contribution in [0.25, 0.3) is 5.69 Å². The molecule has 0 bridgehead atoms. The minimum atomic E-state index is -4.59. The Labute approximate surface area is 117 Å². The molecule has 1 aromatic carbocycles. The molecule has 8 heteroatoms. The number of ether oxygens (including phenoxy) is 2. The Morgan fingerprint density at radius 1 is 1.29 bits per heavy atom. The Balaban J connectivity index is 2.24. The van der Waals surface area contributed by atoms with Gasteiger partial charge in [-0.15, -0.1) is 0 Å². The van der Waals surface area contributed by atoms with Crippen molar-refractivity contribution in [3.8, 4) is 11.4 Å². The van der Waals surface area contributed by atoms with Gasteiger partial charge < -0.3 is 9.47 Å². The highest BCUT2D eigenvalue weighted by atomic mass is 19.4. The Kier molecular flexibility index (Phi) is 4.15. The van der Waals surface area contributed by atoms with Crippen molar-refractivity contribution in [3.63, 3.8) is 0 Å². The summed E-state index contributed by atoms with van der Waals surface area (Å²) in [5.41, 5.74) is 0.316. The number of alkyl halides is 3. The average Bonchev–Trinajstić information content (AvgIpc) is 2.89. The number of nitrogens with zero attached hydrogens (tertiary/aromatic N) is 2. The van der Waals surface area contributed by atoms with Crippen LogP contribution in [0.5, 0.6) is 5.75 Å². The monoisotopic (exact) mass is 300 g/mol. The van der Waals surface area contributed by atoms with Gasteiger partial charge in [0.2, 0.25) is 5.69 Å².